The number of likely N-dealkylation sites (N-methyl/N-ethyl adjacent to an activating group) is 1. The number of hydrogen-bond acceptors (Lipinski definition) is 4. The van der Waals surface area contributed by atoms with E-state index < -0.39 is 0 Å². The summed E-state index contributed by atoms with van der Waals surface area (Å²) in [4.78, 5) is 1.26. The van der Waals surface area contributed by atoms with E-state index >= 15 is 0 Å². The van der Waals surface area contributed by atoms with Gasteiger partial charge in [0.15, 0.2) is 0 Å². The number of fused-ring (bicyclic) bond motifs is 1. The molecule has 1 fully saturated rings. The van der Waals surface area contributed by atoms with Crippen molar-refractivity contribution in [3.8, 4) is 5.75 Å². The first-order valence-electron chi connectivity index (χ1n) is 7.58. The standard InChI is InChI=1S/C16H23NO2S/c1-2-17-16(12-6-5-9-18-10-12)14-11-20-15-8-4-3-7-13(15)19-14/h3-4,7-8,12,14,16-17H,2,5-6,9-11H2,1H3. The quantitative estimate of drug-likeness (QED) is 0.924. The lowest BCUT2D eigenvalue weighted by atomic mass is 9.90. The summed E-state index contributed by atoms with van der Waals surface area (Å²) < 4.78 is 11.9. The predicted molar refractivity (Wildman–Crippen MR) is 82.6 cm³/mol. The fourth-order valence-corrected chi connectivity index (χ4v) is 4.15. The van der Waals surface area contributed by atoms with Crippen LogP contribution >= 0.6 is 11.8 Å². The zero-order chi connectivity index (χ0) is 13.8. The highest BCUT2D eigenvalue weighted by molar-refractivity contribution is 7.99. The van der Waals surface area contributed by atoms with E-state index in [1.165, 1.54) is 17.7 Å². The average molecular weight is 293 g/mol. The zero-order valence-electron chi connectivity index (χ0n) is 12.0. The number of thioether (sulfide) groups is 1. The van der Waals surface area contributed by atoms with Gasteiger partial charge in [0.05, 0.1) is 6.61 Å². The smallest absolute Gasteiger partial charge is 0.133 e. The first kappa shape index (κ1) is 14.2. The molecule has 20 heavy (non-hydrogen) atoms. The number of ether oxygens (including phenoxy) is 2. The van der Waals surface area contributed by atoms with Crippen molar-refractivity contribution in [2.75, 3.05) is 25.5 Å². The Balaban J connectivity index is 1.72. The van der Waals surface area contributed by atoms with Crippen LogP contribution in [0.5, 0.6) is 5.75 Å². The predicted octanol–water partition coefficient (Wildman–Crippen LogP) is 2.94. The Bertz CT molecular complexity index is 434. The van der Waals surface area contributed by atoms with E-state index in [1.807, 2.05) is 17.8 Å². The third kappa shape index (κ3) is 3.13. The summed E-state index contributed by atoms with van der Waals surface area (Å²) in [7, 11) is 0. The molecule has 3 unspecified atom stereocenters. The van der Waals surface area contributed by atoms with Crippen molar-refractivity contribution in [2.45, 2.75) is 36.8 Å². The first-order chi connectivity index (χ1) is 9.88. The van der Waals surface area contributed by atoms with E-state index in [0.717, 1.165) is 31.3 Å². The number of rotatable bonds is 4. The summed E-state index contributed by atoms with van der Waals surface area (Å²) in [6.07, 6.45) is 2.65. The minimum atomic E-state index is 0.238. The van der Waals surface area contributed by atoms with E-state index in [1.54, 1.807) is 0 Å². The molecule has 0 radical (unpaired) electrons. The van der Waals surface area contributed by atoms with Gasteiger partial charge in [-0.3, -0.25) is 0 Å². The summed E-state index contributed by atoms with van der Waals surface area (Å²) in [5.74, 6) is 2.62. The molecule has 1 aromatic carbocycles. The minimum absolute atomic E-state index is 0.238. The molecule has 0 aromatic heterocycles. The van der Waals surface area contributed by atoms with Crippen LogP contribution < -0.4 is 10.1 Å². The monoisotopic (exact) mass is 293 g/mol. The van der Waals surface area contributed by atoms with Crippen LogP contribution in [0.1, 0.15) is 19.8 Å². The summed E-state index contributed by atoms with van der Waals surface area (Å²) in [6.45, 7) is 4.93. The van der Waals surface area contributed by atoms with Gasteiger partial charge >= 0.3 is 0 Å². The molecule has 110 valence electrons. The zero-order valence-corrected chi connectivity index (χ0v) is 12.8. The molecule has 1 saturated heterocycles. The van der Waals surface area contributed by atoms with Gasteiger partial charge < -0.3 is 14.8 Å². The summed E-state index contributed by atoms with van der Waals surface area (Å²) in [5, 5.41) is 3.63. The summed E-state index contributed by atoms with van der Waals surface area (Å²) >= 11 is 1.91. The SMILES string of the molecule is CCNC(C1CCCOC1)C1CSc2ccccc2O1. The Hall–Kier alpha value is -0.710. The number of hydrogen-bond donors (Lipinski definition) is 1. The Morgan fingerprint density at radius 3 is 3.10 bits per heavy atom. The van der Waals surface area contributed by atoms with Gasteiger partial charge in [-0.05, 0) is 31.5 Å². The van der Waals surface area contributed by atoms with Crippen LogP contribution in [0, 0.1) is 5.92 Å². The maximum Gasteiger partial charge on any atom is 0.133 e. The second-order valence-electron chi connectivity index (χ2n) is 5.47. The molecule has 4 heteroatoms. The number of nitrogens with one attached hydrogen (secondary N) is 1. The molecule has 0 bridgehead atoms. The van der Waals surface area contributed by atoms with E-state index in [0.29, 0.717) is 12.0 Å². The lowest BCUT2D eigenvalue weighted by molar-refractivity contribution is 0.0161. The normalized spacial score (nSPS) is 27.4. The molecule has 1 N–H and O–H groups in total. The van der Waals surface area contributed by atoms with Gasteiger partial charge in [0.25, 0.3) is 0 Å². The van der Waals surface area contributed by atoms with Crippen molar-refractivity contribution in [3.05, 3.63) is 24.3 Å². The fourth-order valence-electron chi connectivity index (χ4n) is 3.10. The molecule has 0 amide bonds. The molecular formula is C16H23NO2S. The van der Waals surface area contributed by atoms with Crippen molar-refractivity contribution in [3.63, 3.8) is 0 Å². The molecular weight excluding hydrogens is 270 g/mol. The lowest BCUT2D eigenvalue weighted by Gasteiger charge is -2.38. The van der Waals surface area contributed by atoms with Crippen molar-refractivity contribution >= 4 is 11.8 Å². The van der Waals surface area contributed by atoms with Crippen LogP contribution in [0.4, 0.5) is 0 Å². The van der Waals surface area contributed by atoms with Gasteiger partial charge in [-0.1, -0.05) is 19.1 Å². The second-order valence-corrected chi connectivity index (χ2v) is 6.54. The fraction of sp³-hybridized carbons (Fsp3) is 0.625. The van der Waals surface area contributed by atoms with Crippen LogP contribution in [0.25, 0.3) is 0 Å². The van der Waals surface area contributed by atoms with E-state index in [4.69, 9.17) is 9.47 Å². The van der Waals surface area contributed by atoms with E-state index in [-0.39, 0.29) is 6.10 Å². The Kier molecular flexibility index (Phi) is 4.86. The third-order valence-electron chi connectivity index (χ3n) is 4.07. The molecule has 0 spiro atoms. The van der Waals surface area contributed by atoms with Gasteiger partial charge in [0.2, 0.25) is 0 Å². The molecule has 2 heterocycles. The maximum atomic E-state index is 6.26. The lowest BCUT2D eigenvalue weighted by Crippen LogP contribution is -2.52. The second kappa shape index (κ2) is 6.83. The molecule has 0 saturated carbocycles. The Morgan fingerprint density at radius 2 is 2.30 bits per heavy atom. The van der Waals surface area contributed by atoms with Crippen molar-refractivity contribution in [1.82, 2.24) is 5.32 Å². The van der Waals surface area contributed by atoms with Crippen molar-refractivity contribution in [1.29, 1.82) is 0 Å². The Morgan fingerprint density at radius 1 is 1.40 bits per heavy atom. The van der Waals surface area contributed by atoms with Crippen LogP contribution in [0.3, 0.4) is 0 Å². The average Bonchev–Trinajstić information content (AvgIpc) is 2.53. The molecule has 2 aliphatic rings. The maximum absolute atomic E-state index is 6.26. The molecule has 3 atom stereocenters. The molecule has 3 rings (SSSR count). The van der Waals surface area contributed by atoms with Crippen LogP contribution in [-0.4, -0.2) is 37.7 Å². The molecule has 0 aliphatic carbocycles. The number of benzene rings is 1. The van der Waals surface area contributed by atoms with Gasteiger partial charge in [0.1, 0.15) is 11.9 Å². The highest BCUT2D eigenvalue weighted by Crippen LogP contribution is 2.37. The van der Waals surface area contributed by atoms with Gasteiger partial charge in [0, 0.05) is 29.2 Å². The molecule has 3 nitrogen and oxygen atoms in total. The van der Waals surface area contributed by atoms with Crippen molar-refractivity contribution in [2.24, 2.45) is 5.92 Å². The molecule has 2 aliphatic heterocycles. The van der Waals surface area contributed by atoms with Gasteiger partial charge in [-0.2, -0.15) is 0 Å². The van der Waals surface area contributed by atoms with E-state index in [9.17, 15) is 0 Å². The van der Waals surface area contributed by atoms with Gasteiger partial charge in [-0.15, -0.1) is 11.8 Å². The van der Waals surface area contributed by atoms with Gasteiger partial charge in [-0.25, -0.2) is 0 Å². The third-order valence-corrected chi connectivity index (χ3v) is 5.22. The molecule has 1 aromatic rings. The van der Waals surface area contributed by atoms with E-state index in [2.05, 4.69) is 30.4 Å². The summed E-state index contributed by atoms with van der Waals surface area (Å²) in [5.41, 5.74) is 0. The first-order valence-corrected chi connectivity index (χ1v) is 8.56. The Labute approximate surface area is 125 Å². The number of para-hydroxylation sites is 1. The minimum Gasteiger partial charge on any atom is -0.487 e. The highest BCUT2D eigenvalue weighted by atomic mass is 32.2. The van der Waals surface area contributed by atoms with Crippen LogP contribution in [0.2, 0.25) is 0 Å². The van der Waals surface area contributed by atoms with Crippen LogP contribution in [0.15, 0.2) is 29.2 Å². The highest BCUT2D eigenvalue weighted by Gasteiger charge is 2.34. The van der Waals surface area contributed by atoms with Crippen LogP contribution in [-0.2, 0) is 4.74 Å². The topological polar surface area (TPSA) is 30.5 Å². The largest absolute Gasteiger partial charge is 0.487 e. The summed E-state index contributed by atoms with van der Waals surface area (Å²) in [6, 6.07) is 8.73. The van der Waals surface area contributed by atoms with Crippen molar-refractivity contribution < 1.29 is 9.47 Å².